The Balaban J connectivity index is 1.56. The average molecular weight is 417 g/mol. The number of nitrogens with zero attached hydrogens (tertiary/aromatic N) is 3. The Morgan fingerprint density at radius 1 is 1.39 bits per heavy atom. The molecule has 4 heterocycles. The van der Waals surface area contributed by atoms with Crippen LogP contribution in [0.2, 0.25) is 0 Å². The van der Waals surface area contributed by atoms with Crippen molar-refractivity contribution in [2.75, 3.05) is 33.4 Å². The summed E-state index contributed by atoms with van der Waals surface area (Å²) in [5.41, 5.74) is 1.16. The molecular formula is C20H24N4O2S2. The van der Waals surface area contributed by atoms with E-state index in [0.717, 1.165) is 51.7 Å². The maximum absolute atomic E-state index is 12.8. The molecule has 1 amide bonds. The molecule has 1 atom stereocenters. The topological polar surface area (TPSA) is 67.3 Å². The predicted octanol–water partition coefficient (Wildman–Crippen LogP) is 3.43. The number of amides is 1. The lowest BCUT2D eigenvalue weighted by molar-refractivity contribution is 0.0940. The van der Waals surface area contributed by atoms with E-state index in [1.807, 2.05) is 19.2 Å². The molecule has 6 nitrogen and oxygen atoms in total. The van der Waals surface area contributed by atoms with Crippen molar-refractivity contribution in [3.05, 3.63) is 44.9 Å². The quantitative estimate of drug-likeness (QED) is 0.598. The van der Waals surface area contributed by atoms with E-state index in [1.165, 1.54) is 16.2 Å². The number of hydrogen-bond acceptors (Lipinski definition) is 7. The van der Waals surface area contributed by atoms with E-state index in [4.69, 9.17) is 4.74 Å². The van der Waals surface area contributed by atoms with Crippen LogP contribution in [0.1, 0.15) is 37.5 Å². The van der Waals surface area contributed by atoms with Crippen LogP contribution in [0.25, 0.3) is 10.2 Å². The second kappa shape index (κ2) is 8.65. The summed E-state index contributed by atoms with van der Waals surface area (Å²) in [4.78, 5) is 27.2. The first-order chi connectivity index (χ1) is 13.7. The van der Waals surface area contributed by atoms with E-state index in [9.17, 15) is 4.79 Å². The van der Waals surface area contributed by atoms with Gasteiger partial charge in [0, 0.05) is 55.3 Å². The molecule has 0 spiro atoms. The molecule has 28 heavy (non-hydrogen) atoms. The van der Waals surface area contributed by atoms with Crippen molar-refractivity contribution in [2.24, 2.45) is 0 Å². The molecule has 0 bridgehead atoms. The molecule has 1 saturated heterocycles. The normalized spacial score (nSPS) is 17.4. The van der Waals surface area contributed by atoms with Crippen LogP contribution in [0.3, 0.4) is 0 Å². The lowest BCUT2D eigenvalue weighted by atomic mass is 9.95. The van der Waals surface area contributed by atoms with Crippen LogP contribution in [-0.4, -0.2) is 54.1 Å². The zero-order valence-electron chi connectivity index (χ0n) is 16.1. The highest BCUT2D eigenvalue weighted by Gasteiger charge is 2.31. The second-order valence-corrected chi connectivity index (χ2v) is 9.33. The van der Waals surface area contributed by atoms with Gasteiger partial charge in [0.1, 0.15) is 4.83 Å². The first-order valence-corrected chi connectivity index (χ1v) is 11.1. The first kappa shape index (κ1) is 19.4. The van der Waals surface area contributed by atoms with Crippen molar-refractivity contribution >= 4 is 38.8 Å². The van der Waals surface area contributed by atoms with Crippen LogP contribution in [0.15, 0.2) is 24.5 Å². The summed E-state index contributed by atoms with van der Waals surface area (Å²) in [5.74, 6) is 0.321. The van der Waals surface area contributed by atoms with E-state index in [0.29, 0.717) is 19.1 Å². The summed E-state index contributed by atoms with van der Waals surface area (Å²) in [6, 6.07) is 4.05. The van der Waals surface area contributed by atoms with Crippen LogP contribution in [0.4, 0.5) is 0 Å². The third-order valence-corrected chi connectivity index (χ3v) is 7.06. The molecule has 0 aromatic carbocycles. The van der Waals surface area contributed by atoms with Crippen LogP contribution in [0.5, 0.6) is 0 Å². The lowest BCUT2D eigenvalue weighted by Gasteiger charge is -2.16. The molecular weight excluding hydrogens is 392 g/mol. The van der Waals surface area contributed by atoms with Crippen molar-refractivity contribution in [1.29, 1.82) is 0 Å². The van der Waals surface area contributed by atoms with Gasteiger partial charge >= 0.3 is 0 Å². The fourth-order valence-corrected chi connectivity index (χ4v) is 5.77. The maximum Gasteiger partial charge on any atom is 0.261 e. The van der Waals surface area contributed by atoms with E-state index in [1.54, 1.807) is 24.6 Å². The molecule has 3 aromatic rings. The number of rotatable bonds is 7. The van der Waals surface area contributed by atoms with Crippen molar-refractivity contribution in [3.63, 3.8) is 0 Å². The average Bonchev–Trinajstić information content (AvgIpc) is 3.40. The number of nitrogens with one attached hydrogen (secondary N) is 1. The first-order valence-electron chi connectivity index (χ1n) is 9.44. The van der Waals surface area contributed by atoms with Gasteiger partial charge in [-0.25, -0.2) is 9.97 Å². The fourth-order valence-electron chi connectivity index (χ4n) is 3.78. The van der Waals surface area contributed by atoms with Crippen molar-refractivity contribution in [2.45, 2.75) is 25.8 Å². The number of aryl methyl sites for hydroxylation is 1. The summed E-state index contributed by atoms with van der Waals surface area (Å²) in [5, 5.41) is 5.20. The molecule has 0 saturated carbocycles. The number of carbonyl (C=O) groups is 1. The minimum atomic E-state index is -0.0217. The molecule has 8 heteroatoms. The number of fused-ring (bicyclic) bond motifs is 1. The van der Waals surface area contributed by atoms with Crippen molar-refractivity contribution < 1.29 is 9.53 Å². The monoisotopic (exact) mass is 416 g/mol. The number of carbonyl (C=O) groups excluding carboxylic acids is 1. The third kappa shape index (κ3) is 4.10. The second-order valence-electron chi connectivity index (χ2n) is 7.02. The van der Waals surface area contributed by atoms with E-state index >= 15 is 0 Å². The van der Waals surface area contributed by atoms with Gasteiger partial charge in [0.15, 0.2) is 0 Å². The molecule has 3 aromatic heterocycles. The lowest BCUT2D eigenvalue weighted by Crippen LogP contribution is -2.27. The number of pyridine rings is 1. The predicted molar refractivity (Wildman–Crippen MR) is 113 cm³/mol. The number of methoxy groups -OCH3 is 1. The van der Waals surface area contributed by atoms with Gasteiger partial charge in [-0.05, 0) is 31.5 Å². The molecule has 4 rings (SSSR count). The Morgan fingerprint density at radius 2 is 2.29 bits per heavy atom. The molecule has 0 radical (unpaired) electrons. The smallest absolute Gasteiger partial charge is 0.261 e. The minimum absolute atomic E-state index is 0.0217. The van der Waals surface area contributed by atoms with Gasteiger partial charge in [0.25, 0.3) is 5.91 Å². The zero-order chi connectivity index (χ0) is 19.5. The Hall–Kier alpha value is -1.87. The maximum atomic E-state index is 12.8. The SMILES string of the molecule is COCCNC(=O)c1sc2ncccc2c1C1CCN(Cc2cnc(C)s2)C1. The minimum Gasteiger partial charge on any atom is -0.383 e. The number of aromatic nitrogens is 2. The number of ether oxygens (including phenoxy) is 1. The van der Waals surface area contributed by atoms with Gasteiger partial charge in [-0.15, -0.1) is 22.7 Å². The van der Waals surface area contributed by atoms with Gasteiger partial charge in [-0.2, -0.15) is 0 Å². The Labute approximate surface area is 172 Å². The van der Waals surface area contributed by atoms with Gasteiger partial charge in [0.2, 0.25) is 0 Å². The summed E-state index contributed by atoms with van der Waals surface area (Å²) in [7, 11) is 1.64. The van der Waals surface area contributed by atoms with Gasteiger partial charge < -0.3 is 10.1 Å². The van der Waals surface area contributed by atoms with Crippen LogP contribution in [0, 0.1) is 6.92 Å². The summed E-state index contributed by atoms with van der Waals surface area (Å²) < 4.78 is 5.05. The van der Waals surface area contributed by atoms with Crippen LogP contribution < -0.4 is 5.32 Å². The third-order valence-electron chi connectivity index (χ3n) is 5.03. The Bertz CT molecular complexity index is 968. The number of thiophene rings is 1. The highest BCUT2D eigenvalue weighted by molar-refractivity contribution is 7.20. The number of hydrogen-bond donors (Lipinski definition) is 1. The van der Waals surface area contributed by atoms with Gasteiger partial charge in [-0.1, -0.05) is 6.07 Å². The van der Waals surface area contributed by atoms with Gasteiger partial charge in [0.05, 0.1) is 16.5 Å². The molecule has 1 N–H and O–H groups in total. The van der Waals surface area contributed by atoms with Gasteiger partial charge in [-0.3, -0.25) is 9.69 Å². The molecule has 1 fully saturated rings. The van der Waals surface area contributed by atoms with E-state index in [2.05, 4.69) is 26.3 Å². The number of likely N-dealkylation sites (tertiary alicyclic amines) is 1. The highest BCUT2D eigenvalue weighted by Crippen LogP contribution is 2.39. The van der Waals surface area contributed by atoms with Crippen LogP contribution in [-0.2, 0) is 11.3 Å². The zero-order valence-corrected chi connectivity index (χ0v) is 17.7. The summed E-state index contributed by atoms with van der Waals surface area (Å²) >= 11 is 3.25. The molecule has 0 aliphatic carbocycles. The summed E-state index contributed by atoms with van der Waals surface area (Å²) in [6.07, 6.45) is 4.82. The number of thiazole rings is 1. The van der Waals surface area contributed by atoms with Crippen molar-refractivity contribution in [1.82, 2.24) is 20.2 Å². The van der Waals surface area contributed by atoms with E-state index in [-0.39, 0.29) is 5.91 Å². The standard InChI is InChI=1S/C20H24N4O2S2/c1-13-23-10-15(27-13)12-24-8-5-14(11-24)17-16-4-3-6-22-20(16)28-18(17)19(25)21-7-9-26-2/h3-4,6,10,14H,5,7-9,11-12H2,1-2H3,(H,21,25). The van der Waals surface area contributed by atoms with E-state index < -0.39 is 0 Å². The largest absolute Gasteiger partial charge is 0.383 e. The highest BCUT2D eigenvalue weighted by atomic mass is 32.1. The van der Waals surface area contributed by atoms with Crippen LogP contribution >= 0.6 is 22.7 Å². The molecule has 1 aliphatic heterocycles. The Morgan fingerprint density at radius 3 is 3.07 bits per heavy atom. The van der Waals surface area contributed by atoms with Crippen molar-refractivity contribution in [3.8, 4) is 0 Å². The molecule has 1 unspecified atom stereocenters. The molecule has 148 valence electrons. The summed E-state index contributed by atoms with van der Waals surface area (Å²) in [6.45, 7) is 5.98. The Kier molecular flexibility index (Phi) is 6.01. The fraction of sp³-hybridized carbons (Fsp3) is 0.450. The molecule has 1 aliphatic rings.